The van der Waals surface area contributed by atoms with E-state index in [0.29, 0.717) is 31.8 Å². The van der Waals surface area contributed by atoms with E-state index < -0.39 is 10.0 Å². The van der Waals surface area contributed by atoms with Crippen LogP contribution < -0.4 is 10.5 Å². The topological polar surface area (TPSA) is 111 Å². The number of sulfonamides is 1. The molecule has 5 rings (SSSR count). The van der Waals surface area contributed by atoms with Gasteiger partial charge in [-0.25, -0.2) is 28.5 Å². The van der Waals surface area contributed by atoms with Gasteiger partial charge in [0.25, 0.3) is 0 Å². The number of hydrogen-bond donors (Lipinski definition) is 2. The Bertz CT molecular complexity index is 1730. The minimum absolute atomic E-state index is 0.0854. The molecule has 0 saturated heterocycles. The second kappa shape index (κ2) is 11.4. The van der Waals surface area contributed by atoms with Gasteiger partial charge in [-0.15, -0.1) is 11.3 Å². The number of nitrogens with two attached hydrogens (primary N) is 1. The van der Waals surface area contributed by atoms with E-state index in [0.717, 1.165) is 27.5 Å². The number of benzene rings is 3. The number of anilines is 1. The summed E-state index contributed by atoms with van der Waals surface area (Å²) in [7, 11) is -3.70. The highest BCUT2D eigenvalue weighted by molar-refractivity contribution is 7.89. The summed E-state index contributed by atoms with van der Waals surface area (Å²) in [6.07, 6.45) is 2.01. The Morgan fingerprint density at radius 3 is 2.20 bits per heavy atom. The molecule has 3 N–H and O–H groups in total. The highest BCUT2D eigenvalue weighted by Crippen LogP contribution is 2.30. The molecule has 2 heterocycles. The van der Waals surface area contributed by atoms with Crippen molar-refractivity contribution in [2.24, 2.45) is 5.14 Å². The summed E-state index contributed by atoms with van der Waals surface area (Å²) >= 11 is 1.71. The van der Waals surface area contributed by atoms with Crippen molar-refractivity contribution in [2.75, 3.05) is 11.9 Å². The van der Waals surface area contributed by atoms with Crippen LogP contribution >= 0.6 is 11.3 Å². The van der Waals surface area contributed by atoms with Crippen molar-refractivity contribution in [1.82, 2.24) is 15.0 Å². The first-order valence-corrected chi connectivity index (χ1v) is 15.6. The van der Waals surface area contributed by atoms with Crippen molar-refractivity contribution in [3.05, 3.63) is 112 Å². The maximum Gasteiger partial charge on any atom is 0.238 e. The zero-order valence-electron chi connectivity index (χ0n) is 22.9. The predicted octanol–water partition coefficient (Wildman–Crippen LogP) is 5.87. The monoisotopic (exact) mass is 571 g/mol. The normalized spacial score (nSPS) is 12.1. The van der Waals surface area contributed by atoms with Gasteiger partial charge in [-0.1, -0.05) is 69.3 Å². The molecule has 2 aromatic heterocycles. The van der Waals surface area contributed by atoms with E-state index in [1.54, 1.807) is 23.5 Å². The molecule has 206 valence electrons. The molecule has 0 atom stereocenters. The number of nitrogens with one attached hydrogen (secondary N) is 1. The summed E-state index contributed by atoms with van der Waals surface area (Å²) in [4.78, 5) is 14.6. The van der Waals surface area contributed by atoms with E-state index in [1.165, 1.54) is 28.0 Å². The fourth-order valence-corrected chi connectivity index (χ4v) is 5.99. The average molecular weight is 572 g/mol. The van der Waals surface area contributed by atoms with Gasteiger partial charge in [0.05, 0.1) is 31.5 Å². The van der Waals surface area contributed by atoms with E-state index in [9.17, 15) is 8.42 Å². The molecule has 7 nitrogen and oxygen atoms in total. The molecule has 0 spiro atoms. The highest BCUT2D eigenvalue weighted by atomic mass is 32.2. The zero-order valence-corrected chi connectivity index (χ0v) is 24.5. The van der Waals surface area contributed by atoms with E-state index >= 15 is 0 Å². The number of fused-ring (bicyclic) bond motifs is 1. The zero-order chi connectivity index (χ0) is 28.3. The molecule has 5 aromatic rings. The van der Waals surface area contributed by atoms with E-state index in [-0.39, 0.29) is 10.3 Å². The SMILES string of the molecule is CC(C)(C)c1ccc2nc(Cc3cc(Cc4ccccc4)nc(NCCc4ccc(S(N)(=O)=O)cc4)n3)sc2c1. The highest BCUT2D eigenvalue weighted by Gasteiger charge is 2.16. The minimum Gasteiger partial charge on any atom is -0.354 e. The molecule has 9 heteroatoms. The van der Waals surface area contributed by atoms with Gasteiger partial charge in [0, 0.05) is 19.4 Å². The summed E-state index contributed by atoms with van der Waals surface area (Å²) in [6, 6.07) is 25.5. The van der Waals surface area contributed by atoms with Crippen LogP contribution in [0.5, 0.6) is 0 Å². The lowest BCUT2D eigenvalue weighted by atomic mass is 9.87. The number of thiazole rings is 1. The number of aromatic nitrogens is 3. The van der Waals surface area contributed by atoms with Crippen LogP contribution in [0, 0.1) is 0 Å². The summed E-state index contributed by atoms with van der Waals surface area (Å²) in [5, 5.41) is 9.59. The average Bonchev–Trinajstić information content (AvgIpc) is 3.30. The Balaban J connectivity index is 1.35. The van der Waals surface area contributed by atoms with E-state index in [4.69, 9.17) is 20.1 Å². The first kappa shape index (κ1) is 27.9. The summed E-state index contributed by atoms with van der Waals surface area (Å²) in [6.45, 7) is 7.26. The first-order valence-electron chi connectivity index (χ1n) is 13.2. The Kier molecular flexibility index (Phi) is 7.98. The smallest absolute Gasteiger partial charge is 0.238 e. The van der Waals surface area contributed by atoms with Gasteiger partial charge in [0.15, 0.2) is 0 Å². The molecule has 0 radical (unpaired) electrons. The van der Waals surface area contributed by atoms with E-state index in [1.807, 2.05) is 18.2 Å². The summed E-state index contributed by atoms with van der Waals surface area (Å²) in [5.74, 6) is 0.570. The van der Waals surface area contributed by atoms with Crippen molar-refractivity contribution in [3.8, 4) is 0 Å². The van der Waals surface area contributed by atoms with Crippen LogP contribution in [0.2, 0.25) is 0 Å². The molecule has 3 aromatic carbocycles. The largest absolute Gasteiger partial charge is 0.354 e. The number of rotatable bonds is 9. The number of primary sulfonamides is 1. The first-order chi connectivity index (χ1) is 19.0. The van der Waals surface area contributed by atoms with Gasteiger partial charge in [0.1, 0.15) is 0 Å². The van der Waals surface area contributed by atoms with Crippen molar-refractivity contribution in [3.63, 3.8) is 0 Å². The number of hydrogen-bond acceptors (Lipinski definition) is 7. The molecule has 0 bridgehead atoms. The predicted molar refractivity (Wildman–Crippen MR) is 162 cm³/mol. The van der Waals surface area contributed by atoms with Crippen LogP contribution in [0.4, 0.5) is 5.95 Å². The molecule has 0 unspecified atom stereocenters. The maximum absolute atomic E-state index is 11.5. The minimum atomic E-state index is -3.70. The molecule has 0 aliphatic rings. The molecule has 0 aliphatic heterocycles. The second-order valence-corrected chi connectivity index (χ2v) is 13.6. The summed E-state index contributed by atoms with van der Waals surface area (Å²) < 4.78 is 24.2. The standard InChI is InChI=1S/C31H33N5O2S2/c1-31(2,3)23-11-14-27-28(18-23)39-29(36-27)20-25-19-24(17-22-7-5-4-6-8-22)34-30(35-25)33-16-15-21-9-12-26(13-10-21)40(32,37)38/h4-14,18-19H,15-17,20H2,1-3H3,(H2,32,37,38)(H,33,34,35). The van der Waals surface area contributed by atoms with Gasteiger partial charge in [-0.2, -0.15) is 0 Å². The maximum atomic E-state index is 11.5. The summed E-state index contributed by atoms with van der Waals surface area (Å²) in [5.41, 5.74) is 6.42. The lowest BCUT2D eigenvalue weighted by molar-refractivity contribution is 0.591. The van der Waals surface area contributed by atoms with Crippen LogP contribution in [0.3, 0.4) is 0 Å². The van der Waals surface area contributed by atoms with Gasteiger partial charge in [0.2, 0.25) is 16.0 Å². The second-order valence-electron chi connectivity index (χ2n) is 10.9. The van der Waals surface area contributed by atoms with Crippen molar-refractivity contribution in [1.29, 1.82) is 0 Å². The Hall–Kier alpha value is -3.66. The van der Waals surface area contributed by atoms with Gasteiger partial charge < -0.3 is 5.32 Å². The van der Waals surface area contributed by atoms with Crippen molar-refractivity contribution in [2.45, 2.75) is 50.3 Å². The molecule has 0 saturated carbocycles. The fraction of sp³-hybridized carbons (Fsp3) is 0.258. The molecule has 0 fully saturated rings. The Morgan fingerprint density at radius 1 is 0.825 bits per heavy atom. The third-order valence-corrected chi connectivity index (χ3v) is 8.59. The number of nitrogens with zero attached hydrogens (tertiary/aromatic N) is 3. The van der Waals surface area contributed by atoms with E-state index in [2.05, 4.69) is 62.5 Å². The van der Waals surface area contributed by atoms with Crippen LogP contribution in [0.15, 0.2) is 83.8 Å². The Labute approximate surface area is 239 Å². The quantitative estimate of drug-likeness (QED) is 0.229. The van der Waals surface area contributed by atoms with Crippen LogP contribution in [0.25, 0.3) is 10.2 Å². The van der Waals surface area contributed by atoms with Gasteiger partial charge >= 0.3 is 0 Å². The van der Waals surface area contributed by atoms with Crippen LogP contribution in [-0.2, 0) is 34.7 Å². The lowest BCUT2D eigenvalue weighted by Crippen LogP contribution is -2.13. The van der Waals surface area contributed by atoms with Gasteiger partial charge in [-0.3, -0.25) is 0 Å². The van der Waals surface area contributed by atoms with Gasteiger partial charge in [-0.05, 0) is 58.9 Å². The van der Waals surface area contributed by atoms with Crippen LogP contribution in [0.1, 0.15) is 53.9 Å². The molecular weight excluding hydrogens is 539 g/mol. The third-order valence-electron chi connectivity index (χ3n) is 6.64. The van der Waals surface area contributed by atoms with Crippen LogP contribution in [-0.4, -0.2) is 29.9 Å². The molecule has 0 amide bonds. The lowest BCUT2D eigenvalue weighted by Gasteiger charge is -2.18. The third kappa shape index (κ3) is 7.10. The Morgan fingerprint density at radius 2 is 1.52 bits per heavy atom. The van der Waals surface area contributed by atoms with Crippen molar-refractivity contribution < 1.29 is 8.42 Å². The molecular formula is C31H33N5O2S2. The fourth-order valence-electron chi connectivity index (χ4n) is 4.45. The molecule has 0 aliphatic carbocycles. The van der Waals surface area contributed by atoms with Crippen molar-refractivity contribution >= 4 is 37.5 Å². The molecule has 40 heavy (non-hydrogen) atoms.